The van der Waals surface area contributed by atoms with E-state index >= 15 is 0 Å². The van der Waals surface area contributed by atoms with Gasteiger partial charge in [-0.3, -0.25) is 4.79 Å². The van der Waals surface area contributed by atoms with Crippen LogP contribution in [-0.4, -0.2) is 23.2 Å². The number of aromatic nitrogens is 1. The Hall–Kier alpha value is -0.940. The van der Waals surface area contributed by atoms with Gasteiger partial charge in [-0.1, -0.05) is 6.92 Å². The molecule has 0 fully saturated rings. The van der Waals surface area contributed by atoms with Crippen LogP contribution in [0.25, 0.3) is 0 Å². The first-order valence-corrected chi connectivity index (χ1v) is 6.41. The number of ether oxygens (including phenoxy) is 1. The second-order valence-corrected chi connectivity index (χ2v) is 5.61. The highest BCUT2D eigenvalue weighted by Crippen LogP contribution is 2.34. The van der Waals surface area contributed by atoms with E-state index in [1.807, 2.05) is 13.8 Å². The van der Waals surface area contributed by atoms with E-state index in [1.165, 1.54) is 11.3 Å². The van der Waals surface area contributed by atoms with Crippen molar-refractivity contribution in [3.63, 3.8) is 0 Å². The molecule has 5 heteroatoms. The zero-order valence-electron chi connectivity index (χ0n) is 10.9. The first kappa shape index (κ1) is 14.1. The molecular formula is C12H19NO3S. The van der Waals surface area contributed by atoms with E-state index < -0.39 is 17.0 Å². The van der Waals surface area contributed by atoms with Crippen molar-refractivity contribution in [1.29, 1.82) is 0 Å². The van der Waals surface area contributed by atoms with E-state index in [4.69, 9.17) is 9.84 Å². The van der Waals surface area contributed by atoms with Gasteiger partial charge in [0.1, 0.15) is 16.0 Å². The van der Waals surface area contributed by atoms with Crippen LogP contribution in [-0.2, 0) is 20.5 Å². The highest BCUT2D eigenvalue weighted by Gasteiger charge is 2.35. The van der Waals surface area contributed by atoms with Crippen LogP contribution >= 0.6 is 11.3 Å². The van der Waals surface area contributed by atoms with Gasteiger partial charge in [-0.15, -0.1) is 11.3 Å². The maximum Gasteiger partial charge on any atom is 0.315 e. The van der Waals surface area contributed by atoms with Gasteiger partial charge in [-0.2, -0.15) is 0 Å². The van der Waals surface area contributed by atoms with Gasteiger partial charge in [-0.05, 0) is 27.2 Å². The quantitative estimate of drug-likeness (QED) is 0.881. The summed E-state index contributed by atoms with van der Waals surface area (Å²) in [6.45, 7) is 7.30. The number of carboxylic acid groups (broad SMARTS) is 1. The molecule has 0 aliphatic rings. The summed E-state index contributed by atoms with van der Waals surface area (Å²) >= 11 is 1.45. The van der Waals surface area contributed by atoms with Crippen LogP contribution in [0.5, 0.6) is 0 Å². The summed E-state index contributed by atoms with van der Waals surface area (Å²) in [5, 5.41) is 11.8. The van der Waals surface area contributed by atoms with Gasteiger partial charge in [-0.25, -0.2) is 4.98 Å². The fourth-order valence-electron chi connectivity index (χ4n) is 1.30. The van der Waals surface area contributed by atoms with Crippen molar-refractivity contribution >= 4 is 17.3 Å². The fourth-order valence-corrected chi connectivity index (χ4v) is 2.49. The minimum Gasteiger partial charge on any atom is -0.481 e. The smallest absolute Gasteiger partial charge is 0.315 e. The van der Waals surface area contributed by atoms with Crippen LogP contribution < -0.4 is 0 Å². The molecule has 1 aromatic rings. The average molecular weight is 257 g/mol. The molecule has 1 unspecified atom stereocenters. The molecule has 17 heavy (non-hydrogen) atoms. The lowest BCUT2D eigenvalue weighted by atomic mass is 9.90. The summed E-state index contributed by atoms with van der Waals surface area (Å²) in [4.78, 5) is 15.6. The van der Waals surface area contributed by atoms with Crippen LogP contribution in [0.1, 0.15) is 44.8 Å². The molecule has 0 saturated heterocycles. The first-order valence-electron chi connectivity index (χ1n) is 5.53. The highest BCUT2D eigenvalue weighted by molar-refractivity contribution is 7.09. The van der Waals surface area contributed by atoms with Gasteiger partial charge >= 0.3 is 5.97 Å². The number of hydrogen-bond donors (Lipinski definition) is 1. The van der Waals surface area contributed by atoms with Crippen molar-refractivity contribution in [2.45, 2.75) is 45.1 Å². The van der Waals surface area contributed by atoms with Crippen LogP contribution in [0, 0.1) is 0 Å². The first-order chi connectivity index (χ1) is 7.78. The molecule has 0 aliphatic heterocycles. The van der Waals surface area contributed by atoms with E-state index in [0.29, 0.717) is 5.69 Å². The SMILES string of the molecule is CCC(C)(OC)c1nc(C(C)(C)C(=O)O)cs1. The lowest BCUT2D eigenvalue weighted by molar-refractivity contribution is -0.142. The van der Waals surface area contributed by atoms with Crippen LogP contribution in [0.15, 0.2) is 5.38 Å². The molecule has 1 atom stereocenters. The largest absolute Gasteiger partial charge is 0.481 e. The molecule has 0 amide bonds. The second kappa shape index (κ2) is 4.74. The van der Waals surface area contributed by atoms with Crippen molar-refractivity contribution in [2.75, 3.05) is 7.11 Å². The van der Waals surface area contributed by atoms with Crippen molar-refractivity contribution in [2.24, 2.45) is 0 Å². The van der Waals surface area contributed by atoms with E-state index in [1.54, 1.807) is 26.3 Å². The Morgan fingerprint density at radius 1 is 1.53 bits per heavy atom. The van der Waals surface area contributed by atoms with Crippen LogP contribution in [0.3, 0.4) is 0 Å². The number of nitrogens with zero attached hydrogens (tertiary/aromatic N) is 1. The molecule has 96 valence electrons. The molecule has 1 N–H and O–H groups in total. The van der Waals surface area contributed by atoms with Gasteiger partial charge in [0.25, 0.3) is 0 Å². The Morgan fingerprint density at radius 3 is 2.53 bits per heavy atom. The molecule has 0 aromatic carbocycles. The van der Waals surface area contributed by atoms with Crippen LogP contribution in [0.4, 0.5) is 0 Å². The molecular weight excluding hydrogens is 238 g/mol. The fraction of sp³-hybridized carbons (Fsp3) is 0.667. The maximum absolute atomic E-state index is 11.2. The summed E-state index contributed by atoms with van der Waals surface area (Å²) in [6.07, 6.45) is 0.796. The zero-order chi connectivity index (χ0) is 13.3. The van der Waals surface area contributed by atoms with Crippen LogP contribution in [0.2, 0.25) is 0 Å². The van der Waals surface area contributed by atoms with E-state index in [-0.39, 0.29) is 0 Å². The van der Waals surface area contributed by atoms with E-state index in [0.717, 1.165) is 11.4 Å². The zero-order valence-corrected chi connectivity index (χ0v) is 11.7. The number of methoxy groups -OCH3 is 1. The third-order valence-corrected chi connectivity index (χ3v) is 4.34. The van der Waals surface area contributed by atoms with Gasteiger partial charge in [0.2, 0.25) is 0 Å². The Kier molecular flexibility index (Phi) is 3.94. The topological polar surface area (TPSA) is 59.4 Å². The monoisotopic (exact) mass is 257 g/mol. The number of carboxylic acids is 1. The molecule has 0 saturated carbocycles. The number of rotatable bonds is 5. The predicted octanol–water partition coefficient (Wildman–Crippen LogP) is 2.78. The lowest BCUT2D eigenvalue weighted by Crippen LogP contribution is -2.30. The minimum absolute atomic E-state index is 0.433. The summed E-state index contributed by atoms with van der Waals surface area (Å²) in [7, 11) is 1.65. The molecule has 0 radical (unpaired) electrons. The highest BCUT2D eigenvalue weighted by atomic mass is 32.1. The van der Waals surface area contributed by atoms with Crippen molar-refractivity contribution in [3.8, 4) is 0 Å². The predicted molar refractivity (Wildman–Crippen MR) is 67.4 cm³/mol. The molecule has 1 aromatic heterocycles. The van der Waals surface area contributed by atoms with Crippen molar-refractivity contribution in [1.82, 2.24) is 4.98 Å². The number of hydrogen-bond acceptors (Lipinski definition) is 4. The Bertz CT molecular complexity index is 408. The summed E-state index contributed by atoms with van der Waals surface area (Å²) in [5.74, 6) is -0.870. The molecule has 1 rings (SSSR count). The molecule has 0 aliphatic carbocycles. The average Bonchev–Trinajstić information content (AvgIpc) is 2.78. The minimum atomic E-state index is -0.961. The maximum atomic E-state index is 11.2. The summed E-state index contributed by atoms with van der Waals surface area (Å²) in [5.41, 5.74) is -0.809. The summed E-state index contributed by atoms with van der Waals surface area (Å²) in [6, 6.07) is 0. The second-order valence-electron chi connectivity index (χ2n) is 4.76. The Balaban J connectivity index is 3.12. The number of aliphatic carboxylic acids is 1. The lowest BCUT2D eigenvalue weighted by Gasteiger charge is -2.24. The van der Waals surface area contributed by atoms with Gasteiger partial charge in [0.05, 0.1) is 5.69 Å². The normalized spacial score (nSPS) is 15.6. The molecule has 1 heterocycles. The third-order valence-electron chi connectivity index (χ3n) is 3.26. The van der Waals surface area contributed by atoms with Crippen molar-refractivity contribution in [3.05, 3.63) is 16.1 Å². The van der Waals surface area contributed by atoms with Gasteiger partial charge < -0.3 is 9.84 Å². The standard InChI is InChI=1S/C12H19NO3S/c1-6-12(4,16-5)9-13-8(7-17-9)11(2,3)10(14)15/h7H,6H2,1-5H3,(H,14,15). The number of thiazole rings is 1. The Labute approximate surface area is 106 Å². The van der Waals surface area contributed by atoms with E-state index in [9.17, 15) is 4.79 Å². The summed E-state index contributed by atoms with van der Waals surface area (Å²) < 4.78 is 5.46. The molecule has 4 nitrogen and oxygen atoms in total. The molecule has 0 bridgehead atoms. The number of carbonyl (C=O) groups is 1. The third kappa shape index (κ3) is 2.50. The van der Waals surface area contributed by atoms with Gasteiger partial charge in [0, 0.05) is 12.5 Å². The molecule has 0 spiro atoms. The van der Waals surface area contributed by atoms with Gasteiger partial charge in [0.15, 0.2) is 0 Å². The van der Waals surface area contributed by atoms with Crippen molar-refractivity contribution < 1.29 is 14.6 Å². The Morgan fingerprint density at radius 2 is 2.12 bits per heavy atom. The van der Waals surface area contributed by atoms with E-state index in [2.05, 4.69) is 4.98 Å².